The van der Waals surface area contributed by atoms with Gasteiger partial charge in [-0.1, -0.05) is 140 Å². The van der Waals surface area contributed by atoms with Crippen molar-refractivity contribution in [3.63, 3.8) is 0 Å². The Bertz CT molecular complexity index is 3100. The normalized spacial score (nSPS) is 12.1. The molecule has 0 aliphatic rings. The van der Waals surface area contributed by atoms with E-state index in [1.807, 2.05) is 0 Å². The molecule has 0 aliphatic heterocycles. The highest BCUT2D eigenvalue weighted by atomic mass is 16.3. The summed E-state index contributed by atoms with van der Waals surface area (Å²) in [6.07, 6.45) is 0. The highest BCUT2D eigenvalue weighted by Gasteiger charge is 2.21. The minimum absolute atomic E-state index is 0.913. The van der Waals surface area contributed by atoms with Crippen molar-refractivity contribution in [1.82, 2.24) is 0 Å². The van der Waals surface area contributed by atoms with Crippen molar-refractivity contribution in [2.45, 2.75) is 0 Å². The van der Waals surface area contributed by atoms with Gasteiger partial charge in [0, 0.05) is 10.8 Å². The van der Waals surface area contributed by atoms with Crippen LogP contribution >= 0.6 is 0 Å². The molecule has 1 heteroatoms. The summed E-state index contributed by atoms with van der Waals surface area (Å²) in [6.45, 7) is 0. The monoisotopic (exact) mass is 620 g/mol. The van der Waals surface area contributed by atoms with Gasteiger partial charge in [0.2, 0.25) is 0 Å². The zero-order chi connectivity index (χ0) is 32.1. The Kier molecular flexibility index (Phi) is 5.45. The molecule has 0 unspecified atom stereocenters. The van der Waals surface area contributed by atoms with Crippen molar-refractivity contribution in [3.05, 3.63) is 170 Å². The van der Waals surface area contributed by atoms with Crippen LogP contribution in [0, 0.1) is 0 Å². The van der Waals surface area contributed by atoms with Crippen molar-refractivity contribution >= 4 is 86.6 Å². The van der Waals surface area contributed by atoms with Gasteiger partial charge >= 0.3 is 0 Å². The first-order chi connectivity index (χ1) is 24.3. The Labute approximate surface area is 282 Å². The highest BCUT2D eigenvalue weighted by molar-refractivity contribution is 6.29. The van der Waals surface area contributed by atoms with E-state index in [0.29, 0.717) is 0 Å². The average molecular weight is 621 g/mol. The van der Waals surface area contributed by atoms with E-state index in [1.54, 1.807) is 0 Å². The Balaban J connectivity index is 1.22. The van der Waals surface area contributed by atoms with Gasteiger partial charge in [-0.15, -0.1) is 0 Å². The van der Waals surface area contributed by atoms with E-state index >= 15 is 0 Å². The molecule has 0 saturated carbocycles. The predicted molar refractivity (Wildman–Crippen MR) is 210 cm³/mol. The molecule has 0 atom stereocenters. The van der Waals surface area contributed by atoms with E-state index in [1.165, 1.54) is 97.7 Å². The Morgan fingerprint density at radius 1 is 0.286 bits per heavy atom. The predicted octanol–water partition coefficient (Wildman–Crippen LogP) is 13.8. The third kappa shape index (κ3) is 3.82. The molecule has 0 fully saturated rings. The lowest BCUT2D eigenvalue weighted by molar-refractivity contribution is 0.669. The zero-order valence-corrected chi connectivity index (χ0v) is 26.6. The van der Waals surface area contributed by atoms with Crippen LogP contribution in [-0.2, 0) is 0 Å². The van der Waals surface area contributed by atoms with E-state index in [9.17, 15) is 0 Å². The zero-order valence-electron chi connectivity index (χ0n) is 26.6. The van der Waals surface area contributed by atoms with Crippen LogP contribution in [0.4, 0.5) is 0 Å². The number of benzene rings is 10. The Morgan fingerprint density at radius 2 is 0.857 bits per heavy atom. The summed E-state index contributed by atoms with van der Waals surface area (Å²) in [4.78, 5) is 0. The minimum atomic E-state index is 0.913. The smallest absolute Gasteiger partial charge is 0.136 e. The Hall–Kier alpha value is -6.44. The highest BCUT2D eigenvalue weighted by Crippen LogP contribution is 2.48. The number of hydrogen-bond donors (Lipinski definition) is 0. The first kappa shape index (κ1) is 26.6. The first-order valence-electron chi connectivity index (χ1n) is 16.9. The summed E-state index contributed by atoms with van der Waals surface area (Å²) in [6, 6.07) is 62.1. The van der Waals surface area contributed by atoms with Crippen LogP contribution in [-0.4, -0.2) is 0 Å². The van der Waals surface area contributed by atoms with Gasteiger partial charge in [0.15, 0.2) is 0 Å². The van der Waals surface area contributed by atoms with Gasteiger partial charge in [0.1, 0.15) is 11.2 Å². The van der Waals surface area contributed by atoms with Crippen molar-refractivity contribution in [1.29, 1.82) is 0 Å². The lowest BCUT2D eigenvalue weighted by Gasteiger charge is -2.19. The van der Waals surface area contributed by atoms with Crippen LogP contribution in [0.1, 0.15) is 0 Å². The van der Waals surface area contributed by atoms with Crippen molar-refractivity contribution < 1.29 is 4.42 Å². The summed E-state index contributed by atoms with van der Waals surface area (Å²) < 4.78 is 6.53. The fourth-order valence-corrected chi connectivity index (χ4v) is 8.43. The summed E-state index contributed by atoms with van der Waals surface area (Å²) in [7, 11) is 0. The fraction of sp³-hybridized carbons (Fsp3) is 0. The number of hydrogen-bond acceptors (Lipinski definition) is 1. The van der Waals surface area contributed by atoms with Crippen LogP contribution in [0.25, 0.3) is 109 Å². The SMILES string of the molecule is c1ccc2cc3c(ccc4cc(-c5c6ccccc6c(-c6cccc7oc8ccc9ccccc9c8c67)c6ccccc56)ccc43)cc2c1. The van der Waals surface area contributed by atoms with Gasteiger partial charge in [-0.3, -0.25) is 0 Å². The van der Waals surface area contributed by atoms with Crippen molar-refractivity contribution in [3.8, 4) is 22.3 Å². The third-order valence-corrected chi connectivity index (χ3v) is 10.6. The second-order valence-corrected chi connectivity index (χ2v) is 13.2. The second-order valence-electron chi connectivity index (χ2n) is 13.2. The molecule has 11 rings (SSSR count). The molecule has 1 aromatic heterocycles. The molecule has 1 heterocycles. The fourth-order valence-electron chi connectivity index (χ4n) is 8.43. The van der Waals surface area contributed by atoms with Crippen molar-refractivity contribution in [2.75, 3.05) is 0 Å². The molecule has 226 valence electrons. The standard InChI is InChI=1S/C48H28O/c1-2-12-31-28-42-33(26-30(31)11-1)21-20-32-27-34(22-24-35(32)42)45-37-14-5-7-16-39(37)46(40-17-8-6-15-38(40)45)41-18-9-19-43-48(41)47-36-13-4-3-10-29(36)23-25-44(47)49-43/h1-28H. The quantitative estimate of drug-likeness (QED) is 0.138. The van der Waals surface area contributed by atoms with Crippen LogP contribution in [0.3, 0.4) is 0 Å². The largest absolute Gasteiger partial charge is 0.456 e. The molecule has 0 saturated heterocycles. The van der Waals surface area contributed by atoms with Crippen LogP contribution in [0.15, 0.2) is 174 Å². The summed E-state index contributed by atoms with van der Waals surface area (Å²) >= 11 is 0. The molecular weight excluding hydrogens is 593 g/mol. The van der Waals surface area contributed by atoms with Crippen LogP contribution in [0.2, 0.25) is 0 Å². The van der Waals surface area contributed by atoms with Gasteiger partial charge in [0.05, 0.1) is 0 Å². The van der Waals surface area contributed by atoms with E-state index in [-0.39, 0.29) is 0 Å². The van der Waals surface area contributed by atoms with Crippen LogP contribution < -0.4 is 0 Å². The molecular formula is C48H28O. The second kappa shape index (κ2) is 10.0. The third-order valence-electron chi connectivity index (χ3n) is 10.6. The van der Waals surface area contributed by atoms with E-state index in [2.05, 4.69) is 170 Å². The molecule has 10 aromatic carbocycles. The lowest BCUT2D eigenvalue weighted by Crippen LogP contribution is -1.91. The van der Waals surface area contributed by atoms with Gasteiger partial charge in [0.25, 0.3) is 0 Å². The number of furan rings is 1. The summed E-state index contributed by atoms with van der Waals surface area (Å²) in [5.74, 6) is 0. The van der Waals surface area contributed by atoms with Gasteiger partial charge in [-0.25, -0.2) is 0 Å². The van der Waals surface area contributed by atoms with Gasteiger partial charge in [-0.2, -0.15) is 0 Å². The molecule has 0 radical (unpaired) electrons. The van der Waals surface area contributed by atoms with Crippen molar-refractivity contribution in [2.24, 2.45) is 0 Å². The lowest BCUT2D eigenvalue weighted by atomic mass is 9.84. The average Bonchev–Trinajstić information content (AvgIpc) is 3.56. The van der Waals surface area contributed by atoms with Gasteiger partial charge < -0.3 is 4.42 Å². The Morgan fingerprint density at radius 3 is 1.59 bits per heavy atom. The molecule has 1 nitrogen and oxygen atoms in total. The molecule has 0 spiro atoms. The molecule has 0 aliphatic carbocycles. The number of fused-ring (bicyclic) bond motifs is 11. The maximum absolute atomic E-state index is 6.53. The first-order valence-corrected chi connectivity index (χ1v) is 16.9. The summed E-state index contributed by atoms with van der Waals surface area (Å²) in [5.41, 5.74) is 6.77. The molecule has 0 N–H and O–H groups in total. The molecule has 0 bridgehead atoms. The van der Waals surface area contributed by atoms with E-state index < -0.39 is 0 Å². The molecule has 11 aromatic rings. The number of rotatable bonds is 2. The topological polar surface area (TPSA) is 13.1 Å². The van der Waals surface area contributed by atoms with Gasteiger partial charge in [-0.05, 0) is 117 Å². The van der Waals surface area contributed by atoms with E-state index in [0.717, 1.165) is 11.2 Å². The maximum Gasteiger partial charge on any atom is 0.136 e. The van der Waals surface area contributed by atoms with Crippen LogP contribution in [0.5, 0.6) is 0 Å². The molecule has 0 amide bonds. The minimum Gasteiger partial charge on any atom is -0.456 e. The van der Waals surface area contributed by atoms with E-state index in [4.69, 9.17) is 4.42 Å². The maximum atomic E-state index is 6.53. The summed E-state index contributed by atoms with van der Waals surface area (Å²) in [5, 5.41) is 17.4. The molecule has 49 heavy (non-hydrogen) atoms.